The maximum absolute atomic E-state index is 12.6. The lowest BCUT2D eigenvalue weighted by Crippen LogP contribution is -2.55. The molecule has 2 N–H and O–H groups in total. The van der Waals surface area contributed by atoms with Gasteiger partial charge in [0.2, 0.25) is 0 Å². The standard InChI is InChI=1S/C16H18O7/c1-8(2)14(19)23-13-12(18)9-6-10(17)16(13,7-9)15(20)22-11-4-3-5-21-11/h3-5,9-10,12-13,17-18H,1,6-7H2,2H3. The Balaban J connectivity index is 1.89. The second-order valence-corrected chi connectivity index (χ2v) is 6.17. The highest BCUT2D eigenvalue weighted by Crippen LogP contribution is 2.56. The first-order valence-electron chi connectivity index (χ1n) is 7.34. The smallest absolute Gasteiger partial charge is 0.333 e. The molecule has 5 unspecified atom stereocenters. The van der Waals surface area contributed by atoms with Gasteiger partial charge in [0.25, 0.3) is 5.95 Å². The van der Waals surface area contributed by atoms with E-state index in [4.69, 9.17) is 13.9 Å². The average molecular weight is 322 g/mol. The third kappa shape index (κ3) is 2.36. The Morgan fingerprint density at radius 2 is 2.17 bits per heavy atom. The molecule has 1 aromatic rings. The van der Waals surface area contributed by atoms with Crippen molar-refractivity contribution in [3.05, 3.63) is 30.5 Å². The lowest BCUT2D eigenvalue weighted by Gasteiger charge is -2.37. The number of carbonyl (C=O) groups excluding carboxylic acids is 2. The fraction of sp³-hybridized carbons (Fsp3) is 0.500. The van der Waals surface area contributed by atoms with Crippen LogP contribution < -0.4 is 4.74 Å². The van der Waals surface area contributed by atoms with E-state index < -0.39 is 35.7 Å². The lowest BCUT2D eigenvalue weighted by molar-refractivity contribution is -0.183. The number of carbonyl (C=O) groups is 2. The van der Waals surface area contributed by atoms with E-state index in [1.165, 1.54) is 19.3 Å². The summed E-state index contributed by atoms with van der Waals surface area (Å²) in [6.45, 7) is 4.95. The SMILES string of the molecule is C=C(C)C(=O)OC1C(O)C2CC(O)C1(C(=O)Oc1ccco1)C2. The van der Waals surface area contributed by atoms with Crippen molar-refractivity contribution < 1.29 is 33.7 Å². The van der Waals surface area contributed by atoms with Gasteiger partial charge in [0.05, 0.1) is 18.5 Å². The zero-order valence-corrected chi connectivity index (χ0v) is 12.6. The molecule has 2 fully saturated rings. The Morgan fingerprint density at radius 1 is 1.43 bits per heavy atom. The van der Waals surface area contributed by atoms with Gasteiger partial charge >= 0.3 is 11.9 Å². The Morgan fingerprint density at radius 3 is 2.78 bits per heavy atom. The Labute approximate surface area is 132 Å². The number of hydrogen-bond donors (Lipinski definition) is 2. The summed E-state index contributed by atoms with van der Waals surface area (Å²) in [6.07, 6.45) is -1.51. The largest absolute Gasteiger partial charge is 0.455 e. The summed E-state index contributed by atoms with van der Waals surface area (Å²) in [6, 6.07) is 3.00. The van der Waals surface area contributed by atoms with E-state index in [0.717, 1.165) is 0 Å². The van der Waals surface area contributed by atoms with Crippen LogP contribution in [0.15, 0.2) is 35.0 Å². The molecule has 1 aromatic heterocycles. The highest BCUT2D eigenvalue weighted by Gasteiger charge is 2.69. The molecular weight excluding hydrogens is 304 g/mol. The van der Waals surface area contributed by atoms with Crippen LogP contribution in [0.2, 0.25) is 0 Å². The Bertz CT molecular complexity index is 635. The molecule has 0 aromatic carbocycles. The van der Waals surface area contributed by atoms with Gasteiger partial charge in [-0.3, -0.25) is 4.79 Å². The molecule has 2 saturated carbocycles. The van der Waals surface area contributed by atoms with E-state index >= 15 is 0 Å². The molecule has 3 rings (SSSR count). The van der Waals surface area contributed by atoms with Crippen molar-refractivity contribution in [2.24, 2.45) is 11.3 Å². The number of aliphatic hydroxyl groups excluding tert-OH is 2. The Hall–Kier alpha value is -2.12. The number of ether oxygens (including phenoxy) is 2. The van der Waals surface area contributed by atoms with Crippen LogP contribution >= 0.6 is 0 Å². The summed E-state index contributed by atoms with van der Waals surface area (Å²) >= 11 is 0. The van der Waals surface area contributed by atoms with Crippen molar-refractivity contribution in [3.8, 4) is 5.95 Å². The van der Waals surface area contributed by atoms with E-state index in [9.17, 15) is 19.8 Å². The quantitative estimate of drug-likeness (QED) is 0.624. The van der Waals surface area contributed by atoms with Gasteiger partial charge in [-0.2, -0.15) is 0 Å². The third-order valence-corrected chi connectivity index (χ3v) is 4.67. The van der Waals surface area contributed by atoms with Gasteiger partial charge in [0.15, 0.2) is 0 Å². The maximum Gasteiger partial charge on any atom is 0.333 e. The number of furan rings is 1. The zero-order chi connectivity index (χ0) is 16.8. The van der Waals surface area contributed by atoms with Crippen LogP contribution in [-0.4, -0.2) is 40.5 Å². The van der Waals surface area contributed by atoms with Gasteiger partial charge in [-0.1, -0.05) is 6.58 Å². The minimum atomic E-state index is -1.50. The van der Waals surface area contributed by atoms with E-state index in [2.05, 4.69) is 6.58 Å². The first-order valence-corrected chi connectivity index (χ1v) is 7.34. The fourth-order valence-electron chi connectivity index (χ4n) is 3.50. The minimum absolute atomic E-state index is 0.0219. The van der Waals surface area contributed by atoms with Crippen LogP contribution in [0.5, 0.6) is 5.95 Å². The molecule has 7 nitrogen and oxygen atoms in total. The molecule has 23 heavy (non-hydrogen) atoms. The number of aliphatic hydroxyl groups is 2. The fourth-order valence-corrected chi connectivity index (χ4v) is 3.50. The first-order chi connectivity index (χ1) is 10.9. The molecule has 0 aliphatic heterocycles. The van der Waals surface area contributed by atoms with Gasteiger partial charge in [0.1, 0.15) is 11.5 Å². The van der Waals surface area contributed by atoms with Gasteiger partial charge in [-0.25, -0.2) is 4.79 Å². The molecular formula is C16H18O7. The predicted octanol–water partition coefficient (Wildman–Crippen LogP) is 0.805. The normalized spacial score (nSPS) is 35.1. The van der Waals surface area contributed by atoms with E-state index in [1.807, 2.05) is 0 Å². The molecule has 0 radical (unpaired) electrons. The second kappa shape index (κ2) is 5.50. The molecule has 2 aliphatic rings. The van der Waals surface area contributed by atoms with Gasteiger partial charge < -0.3 is 24.1 Å². The summed E-state index contributed by atoms with van der Waals surface area (Å²) in [5.41, 5.74) is -1.36. The van der Waals surface area contributed by atoms with E-state index in [0.29, 0.717) is 0 Å². The summed E-state index contributed by atoms with van der Waals surface area (Å²) in [7, 11) is 0. The van der Waals surface area contributed by atoms with Crippen LogP contribution in [0.4, 0.5) is 0 Å². The van der Waals surface area contributed by atoms with Crippen molar-refractivity contribution >= 4 is 11.9 Å². The average Bonchev–Trinajstić information content (AvgIpc) is 3.16. The number of rotatable bonds is 4. The topological polar surface area (TPSA) is 106 Å². The molecule has 2 bridgehead atoms. The molecule has 7 heteroatoms. The second-order valence-electron chi connectivity index (χ2n) is 6.17. The number of esters is 2. The molecule has 0 amide bonds. The Kier molecular flexibility index (Phi) is 3.77. The van der Waals surface area contributed by atoms with E-state index in [1.54, 1.807) is 6.07 Å². The highest BCUT2D eigenvalue weighted by atomic mass is 16.6. The van der Waals surface area contributed by atoms with Crippen molar-refractivity contribution in [1.29, 1.82) is 0 Å². The first kappa shape index (κ1) is 15.8. The van der Waals surface area contributed by atoms with Gasteiger partial charge in [-0.15, -0.1) is 0 Å². The van der Waals surface area contributed by atoms with Crippen molar-refractivity contribution in [3.63, 3.8) is 0 Å². The van der Waals surface area contributed by atoms with Crippen molar-refractivity contribution in [2.45, 2.75) is 38.1 Å². The highest BCUT2D eigenvalue weighted by molar-refractivity contribution is 5.88. The molecule has 0 saturated heterocycles. The minimum Gasteiger partial charge on any atom is -0.455 e. The van der Waals surface area contributed by atoms with Crippen LogP contribution in [-0.2, 0) is 14.3 Å². The van der Waals surface area contributed by atoms with Crippen LogP contribution in [0.3, 0.4) is 0 Å². The van der Waals surface area contributed by atoms with Crippen molar-refractivity contribution in [1.82, 2.24) is 0 Å². The summed E-state index contributed by atoms with van der Waals surface area (Å²) in [5, 5.41) is 20.7. The van der Waals surface area contributed by atoms with Crippen molar-refractivity contribution in [2.75, 3.05) is 0 Å². The summed E-state index contributed by atoms with van der Waals surface area (Å²) in [4.78, 5) is 24.5. The third-order valence-electron chi connectivity index (χ3n) is 4.67. The lowest BCUT2D eigenvalue weighted by atomic mass is 9.78. The van der Waals surface area contributed by atoms with Gasteiger partial charge in [0, 0.05) is 11.6 Å². The predicted molar refractivity (Wildman–Crippen MR) is 76.2 cm³/mol. The van der Waals surface area contributed by atoms with Crippen LogP contribution in [0, 0.1) is 11.3 Å². The maximum atomic E-state index is 12.6. The molecule has 124 valence electrons. The number of fused-ring (bicyclic) bond motifs is 2. The molecule has 5 atom stereocenters. The molecule has 1 heterocycles. The van der Waals surface area contributed by atoms with Crippen LogP contribution in [0.25, 0.3) is 0 Å². The monoisotopic (exact) mass is 322 g/mol. The van der Waals surface area contributed by atoms with Gasteiger partial charge in [-0.05, 0) is 31.7 Å². The summed E-state index contributed by atoms with van der Waals surface area (Å²) < 4.78 is 15.4. The molecule has 0 spiro atoms. The number of hydrogen-bond acceptors (Lipinski definition) is 7. The molecule has 2 aliphatic carbocycles. The zero-order valence-electron chi connectivity index (χ0n) is 12.6. The van der Waals surface area contributed by atoms with E-state index in [-0.39, 0.29) is 30.3 Å². The summed E-state index contributed by atoms with van der Waals surface area (Å²) in [5.74, 6) is -1.86. The van der Waals surface area contributed by atoms with Crippen LogP contribution in [0.1, 0.15) is 19.8 Å².